The Hall–Kier alpha value is -0.570. The zero-order valence-corrected chi connectivity index (χ0v) is 11.8. The van der Waals surface area contributed by atoms with Gasteiger partial charge in [0.05, 0.1) is 0 Å². The smallest absolute Gasteiger partial charge is 0.223 e. The van der Waals surface area contributed by atoms with Gasteiger partial charge in [-0.3, -0.25) is 4.79 Å². The van der Waals surface area contributed by atoms with Crippen LogP contribution in [-0.4, -0.2) is 18.5 Å². The third-order valence-electron chi connectivity index (χ3n) is 3.55. The molecule has 17 heavy (non-hydrogen) atoms. The molecule has 3 heteroatoms. The monoisotopic (exact) mass is 240 g/mol. The molecule has 100 valence electrons. The van der Waals surface area contributed by atoms with Gasteiger partial charge in [0, 0.05) is 18.5 Å². The van der Waals surface area contributed by atoms with E-state index in [9.17, 15) is 4.79 Å². The van der Waals surface area contributed by atoms with E-state index in [0.717, 1.165) is 32.2 Å². The topological polar surface area (TPSA) is 55.1 Å². The molecule has 1 saturated carbocycles. The zero-order valence-electron chi connectivity index (χ0n) is 11.8. The second kappa shape index (κ2) is 5.85. The Balaban J connectivity index is 2.32. The molecule has 0 spiro atoms. The highest BCUT2D eigenvalue weighted by Crippen LogP contribution is 2.26. The molecule has 0 aromatic carbocycles. The average molecular weight is 240 g/mol. The third kappa shape index (κ3) is 5.07. The molecule has 0 aliphatic heterocycles. The minimum atomic E-state index is 0.153. The maximum atomic E-state index is 12.0. The number of nitrogens with two attached hydrogens (primary N) is 1. The van der Waals surface area contributed by atoms with Gasteiger partial charge in [-0.1, -0.05) is 27.7 Å². The van der Waals surface area contributed by atoms with Crippen molar-refractivity contribution in [3.8, 4) is 0 Å². The summed E-state index contributed by atoms with van der Waals surface area (Å²) >= 11 is 0. The second-order valence-corrected chi connectivity index (χ2v) is 6.75. The third-order valence-corrected chi connectivity index (χ3v) is 3.55. The molecule has 3 N–H and O–H groups in total. The van der Waals surface area contributed by atoms with E-state index in [1.54, 1.807) is 0 Å². The molecule has 1 aliphatic carbocycles. The first-order chi connectivity index (χ1) is 7.80. The van der Waals surface area contributed by atoms with Crippen molar-refractivity contribution in [3.05, 3.63) is 0 Å². The minimum absolute atomic E-state index is 0.153. The molecule has 2 unspecified atom stereocenters. The van der Waals surface area contributed by atoms with Crippen molar-refractivity contribution in [2.45, 2.75) is 59.4 Å². The number of rotatable bonds is 5. The maximum absolute atomic E-state index is 12.0. The highest BCUT2D eigenvalue weighted by Gasteiger charge is 2.29. The van der Waals surface area contributed by atoms with Crippen LogP contribution < -0.4 is 11.1 Å². The Morgan fingerprint density at radius 3 is 2.53 bits per heavy atom. The summed E-state index contributed by atoms with van der Waals surface area (Å²) in [5.74, 6) is 1.02. The SMILES string of the molecule is CC(C)CC(C)(C)CNC(=O)C1CCC(N)C1. The molecule has 0 heterocycles. The number of amides is 1. The fourth-order valence-electron chi connectivity index (χ4n) is 2.90. The van der Waals surface area contributed by atoms with Gasteiger partial charge in [-0.15, -0.1) is 0 Å². The zero-order chi connectivity index (χ0) is 13.1. The van der Waals surface area contributed by atoms with Gasteiger partial charge < -0.3 is 11.1 Å². The molecule has 1 rings (SSSR count). The molecular weight excluding hydrogens is 212 g/mol. The Labute approximate surface area is 106 Å². The normalized spacial score (nSPS) is 25.3. The van der Waals surface area contributed by atoms with E-state index in [1.807, 2.05) is 0 Å². The summed E-state index contributed by atoms with van der Waals surface area (Å²) < 4.78 is 0. The molecule has 3 nitrogen and oxygen atoms in total. The highest BCUT2D eigenvalue weighted by atomic mass is 16.1. The van der Waals surface area contributed by atoms with Crippen molar-refractivity contribution in [1.29, 1.82) is 0 Å². The predicted molar refractivity (Wildman–Crippen MR) is 71.6 cm³/mol. The van der Waals surface area contributed by atoms with Crippen LogP contribution >= 0.6 is 0 Å². The number of carbonyl (C=O) groups excluding carboxylic acids is 1. The Morgan fingerprint density at radius 1 is 1.41 bits per heavy atom. The number of nitrogens with one attached hydrogen (secondary N) is 1. The predicted octanol–water partition coefficient (Wildman–Crippen LogP) is 2.30. The molecular formula is C14H28N2O. The Morgan fingerprint density at radius 2 is 2.06 bits per heavy atom. The maximum Gasteiger partial charge on any atom is 0.223 e. The number of hydrogen-bond donors (Lipinski definition) is 2. The van der Waals surface area contributed by atoms with Gasteiger partial charge in [0.15, 0.2) is 0 Å². The summed E-state index contributed by atoms with van der Waals surface area (Å²) in [6.07, 6.45) is 3.94. The van der Waals surface area contributed by atoms with E-state index in [-0.39, 0.29) is 23.3 Å². The molecule has 1 aliphatic rings. The quantitative estimate of drug-likeness (QED) is 0.774. The summed E-state index contributed by atoms with van der Waals surface area (Å²) in [5.41, 5.74) is 6.02. The lowest BCUT2D eigenvalue weighted by Gasteiger charge is -2.27. The van der Waals surface area contributed by atoms with Crippen molar-refractivity contribution < 1.29 is 4.79 Å². The first kappa shape index (κ1) is 14.5. The minimum Gasteiger partial charge on any atom is -0.355 e. The van der Waals surface area contributed by atoms with Gasteiger partial charge >= 0.3 is 0 Å². The second-order valence-electron chi connectivity index (χ2n) is 6.75. The molecule has 0 radical (unpaired) electrons. The van der Waals surface area contributed by atoms with Gasteiger partial charge in [-0.2, -0.15) is 0 Å². The number of hydrogen-bond acceptors (Lipinski definition) is 2. The largest absolute Gasteiger partial charge is 0.355 e. The highest BCUT2D eigenvalue weighted by molar-refractivity contribution is 5.79. The van der Waals surface area contributed by atoms with Crippen LogP contribution in [0.1, 0.15) is 53.4 Å². The van der Waals surface area contributed by atoms with E-state index in [1.165, 1.54) is 0 Å². The van der Waals surface area contributed by atoms with E-state index < -0.39 is 0 Å². The molecule has 1 fully saturated rings. The fraction of sp³-hybridized carbons (Fsp3) is 0.929. The summed E-state index contributed by atoms with van der Waals surface area (Å²) in [4.78, 5) is 12.0. The van der Waals surface area contributed by atoms with Crippen LogP contribution in [0.15, 0.2) is 0 Å². The average Bonchev–Trinajstić information content (AvgIpc) is 2.59. The van der Waals surface area contributed by atoms with E-state index in [2.05, 4.69) is 33.0 Å². The molecule has 0 aromatic rings. The molecule has 0 aromatic heterocycles. The van der Waals surface area contributed by atoms with Crippen LogP contribution in [0.3, 0.4) is 0 Å². The van der Waals surface area contributed by atoms with Crippen molar-refractivity contribution in [1.82, 2.24) is 5.32 Å². The van der Waals surface area contributed by atoms with E-state index in [4.69, 9.17) is 5.73 Å². The lowest BCUT2D eigenvalue weighted by atomic mass is 9.84. The summed E-state index contributed by atoms with van der Waals surface area (Å²) in [7, 11) is 0. The van der Waals surface area contributed by atoms with Crippen LogP contribution in [0, 0.1) is 17.3 Å². The van der Waals surface area contributed by atoms with Crippen LogP contribution in [0.25, 0.3) is 0 Å². The Bertz CT molecular complexity index is 261. The van der Waals surface area contributed by atoms with Crippen LogP contribution in [-0.2, 0) is 4.79 Å². The van der Waals surface area contributed by atoms with Gasteiger partial charge in [0.2, 0.25) is 5.91 Å². The molecule has 0 saturated heterocycles. The van der Waals surface area contributed by atoms with Gasteiger partial charge in [0.1, 0.15) is 0 Å². The summed E-state index contributed by atoms with van der Waals surface area (Å²) in [6.45, 7) is 9.65. The van der Waals surface area contributed by atoms with Crippen molar-refractivity contribution in [2.75, 3.05) is 6.54 Å². The molecule has 2 atom stereocenters. The summed E-state index contributed by atoms with van der Waals surface area (Å²) in [6, 6.07) is 0.231. The first-order valence-corrected chi connectivity index (χ1v) is 6.83. The van der Waals surface area contributed by atoms with Crippen molar-refractivity contribution >= 4 is 5.91 Å². The lowest BCUT2D eigenvalue weighted by molar-refractivity contribution is -0.125. The Kier molecular flexibility index (Phi) is 4.99. The van der Waals surface area contributed by atoms with Gasteiger partial charge in [-0.05, 0) is 37.0 Å². The molecule has 1 amide bonds. The van der Waals surface area contributed by atoms with Gasteiger partial charge in [0.25, 0.3) is 0 Å². The van der Waals surface area contributed by atoms with Crippen molar-refractivity contribution in [2.24, 2.45) is 23.0 Å². The van der Waals surface area contributed by atoms with E-state index >= 15 is 0 Å². The van der Waals surface area contributed by atoms with Crippen LogP contribution in [0.5, 0.6) is 0 Å². The van der Waals surface area contributed by atoms with Crippen LogP contribution in [0.2, 0.25) is 0 Å². The first-order valence-electron chi connectivity index (χ1n) is 6.83. The lowest BCUT2D eigenvalue weighted by Crippen LogP contribution is -2.38. The summed E-state index contributed by atoms with van der Waals surface area (Å²) in [5, 5.41) is 3.10. The van der Waals surface area contributed by atoms with E-state index in [0.29, 0.717) is 5.92 Å². The van der Waals surface area contributed by atoms with Crippen molar-refractivity contribution in [3.63, 3.8) is 0 Å². The molecule has 0 bridgehead atoms. The van der Waals surface area contributed by atoms with Crippen LogP contribution in [0.4, 0.5) is 0 Å². The standard InChI is InChI=1S/C14H28N2O/c1-10(2)8-14(3,4)9-16-13(17)11-5-6-12(15)7-11/h10-12H,5-9,15H2,1-4H3,(H,16,17). The fourth-order valence-corrected chi connectivity index (χ4v) is 2.90. The van der Waals surface area contributed by atoms with Gasteiger partial charge in [-0.25, -0.2) is 0 Å². The number of carbonyl (C=O) groups is 1.